The molecule has 0 aromatic rings. The van der Waals surface area contributed by atoms with Gasteiger partial charge in [-0.2, -0.15) is 0 Å². The first-order valence-corrected chi connectivity index (χ1v) is 36.6. The Labute approximate surface area is 605 Å². The van der Waals surface area contributed by atoms with Crippen LogP contribution in [-0.2, 0) is 114 Å². The molecular weight excluding hydrogens is 1350 g/mol. The molecule has 3 aliphatic heterocycles. The van der Waals surface area contributed by atoms with Gasteiger partial charge < -0.3 is 83.4 Å². The predicted molar refractivity (Wildman–Crippen MR) is 368 cm³/mol. The second-order valence-corrected chi connectivity index (χ2v) is 27.3. The van der Waals surface area contributed by atoms with Crippen LogP contribution in [0.1, 0.15) is 212 Å². The number of Topliss-reactive ketones (excluding diaryl/α,β-unsaturated/α-hetero) is 1. The zero-order chi connectivity index (χ0) is 76.6. The van der Waals surface area contributed by atoms with Crippen LogP contribution in [-0.4, -0.2) is 209 Å². The third-order valence-corrected chi connectivity index (χ3v) is 18.9. The predicted octanol–water partition coefficient (Wildman–Crippen LogP) is 5.48. The molecule has 0 aromatic heterocycles. The van der Waals surface area contributed by atoms with E-state index in [1.54, 1.807) is 0 Å². The first kappa shape index (κ1) is 90.2. The van der Waals surface area contributed by atoms with Gasteiger partial charge in [-0.3, -0.25) is 67.6 Å². The zero-order valence-corrected chi connectivity index (χ0v) is 62.6. The first-order valence-electron chi connectivity index (χ1n) is 36.6. The van der Waals surface area contributed by atoms with Gasteiger partial charge in [-0.1, -0.05) is 41.5 Å². The van der Waals surface area contributed by atoms with Crippen molar-refractivity contribution < 1.29 is 119 Å². The summed E-state index contributed by atoms with van der Waals surface area (Å²) in [6.45, 7) is 20.6. The molecule has 0 aliphatic carbocycles. The molecule has 32 heteroatoms. The largest absolute Gasteiger partial charge is 0.463 e. The lowest BCUT2D eigenvalue weighted by Crippen LogP contribution is -2.53. The fourth-order valence-electron chi connectivity index (χ4n) is 12.3. The van der Waals surface area contributed by atoms with Crippen LogP contribution in [0.2, 0.25) is 0 Å². The van der Waals surface area contributed by atoms with E-state index in [1.165, 1.54) is 41.5 Å². The molecule has 15 atom stereocenters. The number of esters is 6. The minimum absolute atomic E-state index is 0.0307. The average Bonchev–Trinajstić information content (AvgIpc) is 0.838. The molecule has 3 aliphatic rings. The second kappa shape index (κ2) is 48.9. The highest BCUT2D eigenvalue weighted by Gasteiger charge is 2.48. The van der Waals surface area contributed by atoms with Crippen molar-refractivity contribution in [3.8, 4) is 0 Å². The Morgan fingerprint density at radius 3 is 0.883 bits per heavy atom. The quantitative estimate of drug-likeness (QED) is 0.0165. The van der Waals surface area contributed by atoms with Crippen LogP contribution < -0.4 is 26.6 Å². The summed E-state index contributed by atoms with van der Waals surface area (Å²) >= 11 is 0. The molecule has 3 fully saturated rings. The minimum Gasteiger partial charge on any atom is -0.463 e. The highest BCUT2D eigenvalue weighted by Crippen LogP contribution is 2.37. The number of carbonyl (C=O) groups excluding carboxylic acids is 12. The maximum Gasteiger partial charge on any atom is 0.303 e. The van der Waals surface area contributed by atoms with Gasteiger partial charge in [-0.05, 0) is 64.2 Å². The standard InChI is InChI=1S/C71H118N6O26/c1-44-47(4)68(101-57(41-95-50(7)78)65(44)98-53(10)81)92-38-18-14-24-56(84)23-13-17-33-72-62(87)27-30-71(77(90)91,31-28-63(88)75-36-21-34-73-60(85)25-15-19-39-93-69-48(5)45(2)66(99-54(11)82)58(102-69)42-96-51(8)79)32-29-64(89)76-37-22-35-74-61(86)26-16-20-40-94-70-49(6)46(3)67(100-55(12)83)59(103-70)43-97-52(9)80/h44-49,57-59,65-70H,13-43H2,1-12H3,(H,72,87)(H,73,85)(H,74,86)(H,75,88)(H,76,89). The number of nitrogens with zero attached hydrogens (tertiary/aromatic N) is 1. The number of ether oxygens (including phenoxy) is 12. The van der Waals surface area contributed by atoms with E-state index in [-0.39, 0.29) is 177 Å². The lowest BCUT2D eigenvalue weighted by Gasteiger charge is -2.43. The summed E-state index contributed by atoms with van der Waals surface area (Å²) in [6, 6.07) is 0. The van der Waals surface area contributed by atoms with E-state index in [0.717, 1.165) is 0 Å². The molecule has 3 heterocycles. The number of hydrogen-bond donors (Lipinski definition) is 5. The van der Waals surface area contributed by atoms with E-state index in [9.17, 15) is 67.6 Å². The molecular formula is C71H118N6O26. The average molecular weight is 1470 g/mol. The van der Waals surface area contributed by atoms with Crippen LogP contribution in [0.5, 0.6) is 0 Å². The summed E-state index contributed by atoms with van der Waals surface area (Å²) in [6.07, 6.45) is -2.00. The maximum atomic E-state index is 13.2. The Hall–Kier alpha value is -7.00. The number of nitro groups is 1. The summed E-state index contributed by atoms with van der Waals surface area (Å²) in [7, 11) is 0. The van der Waals surface area contributed by atoms with Crippen molar-refractivity contribution in [2.75, 3.05) is 72.4 Å². The van der Waals surface area contributed by atoms with Gasteiger partial charge in [-0.15, -0.1) is 0 Å². The molecule has 15 unspecified atom stereocenters. The number of ketones is 1. The molecule has 3 rings (SSSR count). The summed E-state index contributed by atoms with van der Waals surface area (Å²) < 4.78 is 68.2. The molecule has 103 heavy (non-hydrogen) atoms. The van der Waals surface area contributed by atoms with Gasteiger partial charge in [0.05, 0.1) is 0 Å². The molecule has 588 valence electrons. The highest BCUT2D eigenvalue weighted by molar-refractivity contribution is 5.79. The number of rotatable bonds is 50. The molecule has 32 nitrogen and oxygen atoms in total. The SMILES string of the molecule is CC(=O)OCC1OC(OCCCCC(=O)CCCCNC(=O)CCC(CCC(=O)NCCCNC(=O)CCCCOC2OC(COC(C)=O)C(OC(C)=O)C(C)C2C)(CCC(=O)NCCCNC(=O)CCCCOC2OC(COC(C)=O)C(OC(C)=O)C(C)C2C)[N+](=O)[O-])C(C)C(C)C1OC(C)=O. The molecule has 0 bridgehead atoms. The van der Waals surface area contributed by atoms with Gasteiger partial charge in [-0.25, -0.2) is 0 Å². The second-order valence-electron chi connectivity index (χ2n) is 27.3. The van der Waals surface area contributed by atoms with Crippen LogP contribution in [0, 0.1) is 45.6 Å². The summed E-state index contributed by atoms with van der Waals surface area (Å²) in [5.41, 5.74) is -1.85. The van der Waals surface area contributed by atoms with E-state index in [2.05, 4.69) is 26.6 Å². The fourth-order valence-corrected chi connectivity index (χ4v) is 12.3. The van der Waals surface area contributed by atoms with Crippen molar-refractivity contribution in [3.63, 3.8) is 0 Å². The number of nitrogens with one attached hydrogen (secondary N) is 5. The van der Waals surface area contributed by atoms with Crippen molar-refractivity contribution in [3.05, 3.63) is 10.1 Å². The number of unbranched alkanes of at least 4 members (excludes halogenated alkanes) is 4. The Balaban J connectivity index is 1.45. The lowest BCUT2D eigenvalue weighted by atomic mass is 9.84. The maximum absolute atomic E-state index is 13.2. The molecule has 0 radical (unpaired) electrons. The van der Waals surface area contributed by atoms with Crippen molar-refractivity contribution in [2.24, 2.45) is 35.5 Å². The van der Waals surface area contributed by atoms with Gasteiger partial charge in [0.2, 0.25) is 35.1 Å². The van der Waals surface area contributed by atoms with Crippen molar-refractivity contribution in [1.82, 2.24) is 26.6 Å². The zero-order valence-electron chi connectivity index (χ0n) is 62.6. The van der Waals surface area contributed by atoms with Crippen LogP contribution in [0.15, 0.2) is 0 Å². The van der Waals surface area contributed by atoms with E-state index >= 15 is 0 Å². The van der Waals surface area contributed by atoms with Crippen LogP contribution in [0.3, 0.4) is 0 Å². The topological polar surface area (TPSA) is 419 Å². The van der Waals surface area contributed by atoms with E-state index in [1.807, 2.05) is 41.5 Å². The number of carbonyl (C=O) groups is 12. The monoisotopic (exact) mass is 1470 g/mol. The third-order valence-electron chi connectivity index (χ3n) is 18.9. The summed E-state index contributed by atoms with van der Waals surface area (Å²) in [5.74, 6) is -5.83. The molecule has 5 amide bonds. The Bertz CT molecular complexity index is 2430. The molecule has 0 aromatic carbocycles. The molecule has 3 saturated heterocycles. The van der Waals surface area contributed by atoms with Gasteiger partial charge in [0.15, 0.2) is 18.9 Å². The molecule has 0 saturated carbocycles. The normalized spacial score (nSPS) is 25.1. The third kappa shape index (κ3) is 35.6. The number of hydrogen-bond acceptors (Lipinski definition) is 26. The smallest absolute Gasteiger partial charge is 0.303 e. The van der Waals surface area contributed by atoms with Crippen molar-refractivity contribution >= 4 is 71.1 Å². The van der Waals surface area contributed by atoms with Crippen LogP contribution in [0.25, 0.3) is 0 Å². The van der Waals surface area contributed by atoms with E-state index in [0.29, 0.717) is 77.2 Å². The lowest BCUT2D eigenvalue weighted by molar-refractivity contribution is -0.573. The highest BCUT2D eigenvalue weighted by atomic mass is 16.7. The van der Waals surface area contributed by atoms with Crippen molar-refractivity contribution in [1.29, 1.82) is 0 Å². The Morgan fingerprint density at radius 1 is 0.350 bits per heavy atom. The van der Waals surface area contributed by atoms with E-state index < -0.39 is 119 Å². The first-order chi connectivity index (χ1) is 48.8. The number of amides is 5. The Kier molecular flexibility index (Phi) is 42.8. The van der Waals surface area contributed by atoms with Gasteiger partial charge in [0.1, 0.15) is 62.2 Å². The summed E-state index contributed by atoms with van der Waals surface area (Å²) in [5, 5.41) is 26.9. The van der Waals surface area contributed by atoms with E-state index in [4.69, 9.17) is 56.8 Å². The minimum atomic E-state index is -1.85. The van der Waals surface area contributed by atoms with Crippen molar-refractivity contribution in [2.45, 2.75) is 273 Å². The van der Waals surface area contributed by atoms with Gasteiger partial charge in [0.25, 0.3) is 0 Å². The summed E-state index contributed by atoms with van der Waals surface area (Å²) in [4.78, 5) is 160. The fraction of sp³-hybridized carbons (Fsp3) is 0.831. The van der Waals surface area contributed by atoms with Crippen LogP contribution >= 0.6 is 0 Å². The van der Waals surface area contributed by atoms with Gasteiger partial charge >= 0.3 is 35.8 Å². The molecule has 5 N–H and O–H groups in total. The van der Waals surface area contributed by atoms with Gasteiger partial charge in [0, 0.05) is 199 Å². The van der Waals surface area contributed by atoms with Crippen LogP contribution in [0.4, 0.5) is 0 Å². The Morgan fingerprint density at radius 2 is 0.612 bits per heavy atom. The molecule has 0 spiro atoms.